The van der Waals surface area contributed by atoms with E-state index >= 15 is 0 Å². The minimum atomic E-state index is -4.83. The Morgan fingerprint density at radius 1 is 1.22 bits per heavy atom. The first kappa shape index (κ1) is 21.5. The molecule has 0 aromatic heterocycles. The van der Waals surface area contributed by atoms with Crippen LogP contribution < -0.4 is 11.1 Å². The minimum absolute atomic E-state index is 0. The molecule has 0 fully saturated rings. The Hall–Kier alpha value is -1.52. The number of benzene rings is 1. The zero-order valence-electron chi connectivity index (χ0n) is 11.4. The summed E-state index contributed by atoms with van der Waals surface area (Å²) in [5, 5.41) is 2.04. The van der Waals surface area contributed by atoms with Crippen LogP contribution in [0.1, 0.15) is 17.2 Å². The number of carbonyl (C=O) groups is 1. The number of nitrogens with one attached hydrogen (secondary N) is 1. The topological polar surface area (TPSA) is 64.4 Å². The average molecular weight is 367 g/mol. The van der Waals surface area contributed by atoms with Gasteiger partial charge in [-0.3, -0.25) is 9.53 Å². The van der Waals surface area contributed by atoms with Crippen LogP contribution in [0.4, 0.5) is 26.3 Å². The number of ether oxygens (including phenoxy) is 1. The Balaban J connectivity index is 0.00000484. The molecule has 1 aromatic rings. The maximum absolute atomic E-state index is 12.5. The van der Waals surface area contributed by atoms with E-state index in [9.17, 15) is 31.1 Å². The van der Waals surface area contributed by atoms with Gasteiger partial charge in [0.1, 0.15) is 6.04 Å². The molecule has 0 saturated carbocycles. The first-order chi connectivity index (χ1) is 10.0. The van der Waals surface area contributed by atoms with Gasteiger partial charge >= 0.3 is 12.5 Å². The van der Waals surface area contributed by atoms with E-state index in [0.717, 1.165) is 12.1 Å². The van der Waals surface area contributed by atoms with E-state index in [1.807, 2.05) is 5.32 Å². The van der Waals surface area contributed by atoms with Gasteiger partial charge in [0.05, 0.1) is 12.2 Å². The van der Waals surface area contributed by atoms with E-state index in [0.29, 0.717) is 6.07 Å². The van der Waals surface area contributed by atoms with E-state index in [1.165, 1.54) is 6.07 Å². The molecule has 0 bridgehead atoms. The number of amides is 1. The molecule has 0 heterocycles. The van der Waals surface area contributed by atoms with Crippen LogP contribution in [0.5, 0.6) is 0 Å². The number of alkyl halides is 6. The van der Waals surface area contributed by atoms with Crippen molar-refractivity contribution in [3.8, 4) is 0 Å². The van der Waals surface area contributed by atoms with Crippen molar-refractivity contribution in [3.05, 3.63) is 35.4 Å². The van der Waals surface area contributed by atoms with Gasteiger partial charge in [-0.15, -0.1) is 25.6 Å². The smallest absolute Gasteiger partial charge is 0.352 e. The lowest BCUT2D eigenvalue weighted by atomic mass is 10.0. The highest BCUT2D eigenvalue weighted by Gasteiger charge is 2.31. The van der Waals surface area contributed by atoms with Crippen LogP contribution in [0.15, 0.2) is 24.3 Å². The number of nitrogens with two attached hydrogens (primary N) is 1. The van der Waals surface area contributed by atoms with Crippen molar-refractivity contribution in [2.45, 2.75) is 18.6 Å². The molecule has 0 spiro atoms. The van der Waals surface area contributed by atoms with Crippen LogP contribution in [-0.4, -0.2) is 25.4 Å². The summed E-state index contributed by atoms with van der Waals surface area (Å²) in [6.07, 6.45) is -9.42. The molecule has 11 heteroatoms. The molecular formula is C12H13ClF6N2O2. The molecule has 1 unspecified atom stereocenters. The Morgan fingerprint density at radius 3 is 2.35 bits per heavy atom. The van der Waals surface area contributed by atoms with Crippen LogP contribution in [0.2, 0.25) is 0 Å². The van der Waals surface area contributed by atoms with E-state index < -0.39 is 43.2 Å². The second-order valence-corrected chi connectivity index (χ2v) is 4.19. The first-order valence-electron chi connectivity index (χ1n) is 5.92. The third-order valence-corrected chi connectivity index (χ3v) is 2.52. The molecule has 3 N–H and O–H groups in total. The molecule has 0 aliphatic rings. The quantitative estimate of drug-likeness (QED) is 0.622. The number of carbonyl (C=O) groups excluding carboxylic acids is 1. The van der Waals surface area contributed by atoms with Gasteiger partial charge in [0.2, 0.25) is 5.91 Å². The lowest BCUT2D eigenvalue weighted by Crippen LogP contribution is -2.36. The number of rotatable bonds is 5. The molecular weight excluding hydrogens is 354 g/mol. The van der Waals surface area contributed by atoms with Gasteiger partial charge in [-0.25, -0.2) is 0 Å². The van der Waals surface area contributed by atoms with E-state index in [-0.39, 0.29) is 18.0 Å². The van der Waals surface area contributed by atoms with Gasteiger partial charge in [0.15, 0.2) is 0 Å². The fourth-order valence-electron chi connectivity index (χ4n) is 1.51. The molecule has 0 aliphatic heterocycles. The fraction of sp³-hybridized carbons (Fsp3) is 0.417. The van der Waals surface area contributed by atoms with Gasteiger partial charge in [0.25, 0.3) is 0 Å². The van der Waals surface area contributed by atoms with Crippen molar-refractivity contribution in [1.29, 1.82) is 0 Å². The molecule has 0 radical (unpaired) electrons. The monoisotopic (exact) mass is 366 g/mol. The standard InChI is InChI=1S/C12H12F6N2O2.ClH/c13-11(14,15)8-3-1-2-7(6-8)9(19)10(21)20-4-5-22-12(16,17)18;/h1-3,6,9H,4-5,19H2,(H,20,21);1H. The average Bonchev–Trinajstić information content (AvgIpc) is 2.40. The van der Waals surface area contributed by atoms with Crippen molar-refractivity contribution in [2.75, 3.05) is 13.2 Å². The van der Waals surface area contributed by atoms with Crippen LogP contribution >= 0.6 is 12.4 Å². The molecule has 1 amide bonds. The summed E-state index contributed by atoms with van der Waals surface area (Å²) in [4.78, 5) is 11.6. The Kier molecular flexibility index (Phi) is 7.81. The zero-order valence-corrected chi connectivity index (χ0v) is 12.2. The number of hydrogen-bond acceptors (Lipinski definition) is 3. The summed E-state index contributed by atoms with van der Waals surface area (Å²) in [6, 6.07) is 2.37. The Morgan fingerprint density at radius 2 is 1.83 bits per heavy atom. The van der Waals surface area contributed by atoms with Crippen molar-refractivity contribution >= 4 is 18.3 Å². The van der Waals surface area contributed by atoms with Crippen LogP contribution in [0, 0.1) is 0 Å². The van der Waals surface area contributed by atoms with Crippen molar-refractivity contribution in [3.63, 3.8) is 0 Å². The largest absolute Gasteiger partial charge is 0.522 e. The van der Waals surface area contributed by atoms with Crippen LogP contribution in [0.3, 0.4) is 0 Å². The molecule has 0 aliphatic carbocycles. The highest BCUT2D eigenvalue weighted by molar-refractivity contribution is 5.85. The minimum Gasteiger partial charge on any atom is -0.352 e. The molecule has 1 aromatic carbocycles. The van der Waals surface area contributed by atoms with Crippen molar-refractivity contribution in [1.82, 2.24) is 5.32 Å². The molecule has 0 saturated heterocycles. The molecule has 1 atom stereocenters. The summed E-state index contributed by atoms with van der Waals surface area (Å²) in [5.41, 5.74) is 4.39. The maximum Gasteiger partial charge on any atom is 0.522 e. The van der Waals surface area contributed by atoms with Gasteiger partial charge < -0.3 is 11.1 Å². The lowest BCUT2D eigenvalue weighted by Gasteiger charge is -2.15. The molecule has 4 nitrogen and oxygen atoms in total. The zero-order chi connectivity index (χ0) is 17.0. The van der Waals surface area contributed by atoms with Crippen molar-refractivity contribution < 1.29 is 35.9 Å². The van der Waals surface area contributed by atoms with Gasteiger partial charge in [-0.1, -0.05) is 12.1 Å². The Bertz CT molecular complexity index is 521. The Labute approximate surface area is 133 Å². The SMILES string of the molecule is Cl.NC(C(=O)NCCOC(F)(F)F)c1cccc(C(F)(F)F)c1. The fourth-order valence-corrected chi connectivity index (χ4v) is 1.51. The third kappa shape index (κ3) is 7.53. The second kappa shape index (κ2) is 8.37. The van der Waals surface area contributed by atoms with Crippen molar-refractivity contribution in [2.24, 2.45) is 5.73 Å². The maximum atomic E-state index is 12.5. The number of hydrogen-bond donors (Lipinski definition) is 2. The van der Waals surface area contributed by atoms with E-state index in [4.69, 9.17) is 5.73 Å². The third-order valence-electron chi connectivity index (χ3n) is 2.52. The summed E-state index contributed by atoms with van der Waals surface area (Å²) < 4.78 is 76.1. The molecule has 132 valence electrons. The predicted molar refractivity (Wildman–Crippen MR) is 70.6 cm³/mol. The number of halogens is 7. The van der Waals surface area contributed by atoms with Crippen LogP contribution in [0.25, 0.3) is 0 Å². The van der Waals surface area contributed by atoms with Crippen LogP contribution in [-0.2, 0) is 15.7 Å². The summed E-state index contributed by atoms with van der Waals surface area (Å²) >= 11 is 0. The normalized spacial score (nSPS) is 13.2. The second-order valence-electron chi connectivity index (χ2n) is 4.19. The highest BCUT2D eigenvalue weighted by atomic mass is 35.5. The highest BCUT2D eigenvalue weighted by Crippen LogP contribution is 2.30. The summed E-state index contributed by atoms with van der Waals surface area (Å²) in [5.74, 6) is -0.912. The lowest BCUT2D eigenvalue weighted by molar-refractivity contribution is -0.323. The summed E-state index contributed by atoms with van der Waals surface area (Å²) in [6.45, 7) is -1.31. The van der Waals surface area contributed by atoms with Gasteiger partial charge in [-0.05, 0) is 17.7 Å². The first-order valence-corrected chi connectivity index (χ1v) is 5.92. The summed E-state index contributed by atoms with van der Waals surface area (Å²) in [7, 11) is 0. The molecule has 1 rings (SSSR count). The molecule has 23 heavy (non-hydrogen) atoms. The van der Waals surface area contributed by atoms with Gasteiger partial charge in [0, 0.05) is 6.54 Å². The van der Waals surface area contributed by atoms with E-state index in [2.05, 4.69) is 4.74 Å². The van der Waals surface area contributed by atoms with E-state index in [1.54, 1.807) is 0 Å². The van der Waals surface area contributed by atoms with Gasteiger partial charge in [-0.2, -0.15) is 13.2 Å². The predicted octanol–water partition coefficient (Wildman–Crippen LogP) is 2.78.